The number of fused-ring (bicyclic) bond motifs is 1. The minimum absolute atomic E-state index is 0.0340. The summed E-state index contributed by atoms with van der Waals surface area (Å²) < 4.78 is 1.04. The van der Waals surface area contributed by atoms with Gasteiger partial charge in [-0.15, -0.1) is 0 Å². The third-order valence-electron chi connectivity index (χ3n) is 2.62. The number of amides is 1. The molecule has 96 valence electrons. The Morgan fingerprint density at radius 1 is 1.21 bits per heavy atom. The number of nitrogens with one attached hydrogen (secondary N) is 2. The van der Waals surface area contributed by atoms with Crippen molar-refractivity contribution < 1.29 is 4.79 Å². The van der Waals surface area contributed by atoms with E-state index in [9.17, 15) is 4.79 Å². The summed E-state index contributed by atoms with van der Waals surface area (Å²) in [5.41, 5.74) is 0.877. The van der Waals surface area contributed by atoms with Gasteiger partial charge in [-0.3, -0.25) is 4.79 Å². The van der Waals surface area contributed by atoms with Crippen molar-refractivity contribution in [3.8, 4) is 6.07 Å². The minimum atomic E-state index is -0.197. The fourth-order valence-electron chi connectivity index (χ4n) is 1.71. The van der Waals surface area contributed by atoms with Gasteiger partial charge in [0.05, 0.1) is 12.6 Å². The number of rotatable bonds is 4. The van der Waals surface area contributed by atoms with E-state index in [0.29, 0.717) is 0 Å². The van der Waals surface area contributed by atoms with Gasteiger partial charge in [0.1, 0.15) is 6.54 Å². The van der Waals surface area contributed by atoms with Crippen LogP contribution in [0.5, 0.6) is 0 Å². The lowest BCUT2D eigenvalue weighted by molar-refractivity contribution is -0.119. The Balaban J connectivity index is 2.04. The van der Waals surface area contributed by atoms with Crippen LogP contribution < -0.4 is 10.6 Å². The van der Waals surface area contributed by atoms with Gasteiger partial charge >= 0.3 is 0 Å². The number of hydrogen-bond acceptors (Lipinski definition) is 3. The zero-order chi connectivity index (χ0) is 13.7. The summed E-state index contributed by atoms with van der Waals surface area (Å²) in [5.74, 6) is -0.197. The number of anilines is 1. The first-order valence-electron chi connectivity index (χ1n) is 5.76. The van der Waals surface area contributed by atoms with Gasteiger partial charge in [-0.25, -0.2) is 0 Å². The summed E-state index contributed by atoms with van der Waals surface area (Å²) in [6, 6.07) is 13.8. The van der Waals surface area contributed by atoms with Gasteiger partial charge < -0.3 is 10.6 Å². The van der Waals surface area contributed by atoms with Gasteiger partial charge in [0.25, 0.3) is 0 Å². The van der Waals surface area contributed by atoms with Crippen LogP contribution in [-0.2, 0) is 4.79 Å². The highest BCUT2D eigenvalue weighted by molar-refractivity contribution is 9.10. The summed E-state index contributed by atoms with van der Waals surface area (Å²) in [5, 5.41) is 16.1. The Kier molecular flexibility index (Phi) is 4.37. The van der Waals surface area contributed by atoms with Crippen LogP contribution in [0.2, 0.25) is 0 Å². The van der Waals surface area contributed by atoms with Crippen LogP contribution in [0.3, 0.4) is 0 Å². The smallest absolute Gasteiger partial charge is 0.240 e. The molecular formula is C14H12BrN3O. The molecule has 19 heavy (non-hydrogen) atoms. The van der Waals surface area contributed by atoms with Gasteiger partial charge in [-0.1, -0.05) is 28.1 Å². The van der Waals surface area contributed by atoms with Crippen molar-refractivity contribution in [2.75, 3.05) is 18.4 Å². The van der Waals surface area contributed by atoms with Crippen LogP contribution in [0.1, 0.15) is 0 Å². The largest absolute Gasteiger partial charge is 0.376 e. The number of nitrogens with zero attached hydrogens (tertiary/aromatic N) is 1. The first kappa shape index (κ1) is 13.4. The molecule has 0 saturated heterocycles. The summed E-state index contributed by atoms with van der Waals surface area (Å²) in [6.45, 7) is 0.190. The highest BCUT2D eigenvalue weighted by atomic mass is 79.9. The molecular weight excluding hydrogens is 306 g/mol. The Morgan fingerprint density at radius 3 is 2.74 bits per heavy atom. The van der Waals surface area contributed by atoms with E-state index in [1.165, 1.54) is 0 Å². The summed E-state index contributed by atoms with van der Waals surface area (Å²) in [6.07, 6.45) is 0. The molecule has 0 aliphatic carbocycles. The molecule has 1 amide bonds. The highest BCUT2D eigenvalue weighted by Crippen LogP contribution is 2.22. The van der Waals surface area contributed by atoms with Crippen molar-refractivity contribution in [1.82, 2.24) is 5.32 Å². The molecule has 5 heteroatoms. The molecule has 2 aromatic rings. The minimum Gasteiger partial charge on any atom is -0.376 e. The quantitative estimate of drug-likeness (QED) is 0.852. The Hall–Kier alpha value is -2.06. The molecule has 4 nitrogen and oxygen atoms in total. The lowest BCUT2D eigenvalue weighted by atomic mass is 10.1. The summed E-state index contributed by atoms with van der Waals surface area (Å²) in [4.78, 5) is 11.4. The predicted molar refractivity (Wildman–Crippen MR) is 78.8 cm³/mol. The van der Waals surface area contributed by atoms with Crippen molar-refractivity contribution in [3.05, 3.63) is 40.9 Å². The maximum absolute atomic E-state index is 11.4. The number of carbonyl (C=O) groups excluding carboxylic acids is 1. The van der Waals surface area contributed by atoms with E-state index >= 15 is 0 Å². The summed E-state index contributed by atoms with van der Waals surface area (Å²) in [7, 11) is 0. The maximum Gasteiger partial charge on any atom is 0.240 e. The van der Waals surface area contributed by atoms with Crippen molar-refractivity contribution in [2.24, 2.45) is 0 Å². The maximum atomic E-state index is 11.4. The Bertz CT molecular complexity index is 649. The van der Waals surface area contributed by atoms with Gasteiger partial charge in [0.2, 0.25) is 5.91 Å². The van der Waals surface area contributed by atoms with Crippen LogP contribution in [-0.4, -0.2) is 19.0 Å². The standard InChI is InChI=1S/C14H12BrN3O/c15-12-3-1-11-8-13(4-2-10(11)7-12)18-9-14(19)17-6-5-16/h1-4,7-8,18H,6,9H2,(H,17,19). The fraction of sp³-hybridized carbons (Fsp3) is 0.143. The first-order chi connectivity index (χ1) is 9.19. The van der Waals surface area contributed by atoms with Crippen LogP contribution >= 0.6 is 15.9 Å². The number of hydrogen-bond donors (Lipinski definition) is 2. The zero-order valence-electron chi connectivity index (χ0n) is 10.1. The number of benzene rings is 2. The van der Waals surface area contributed by atoms with Gasteiger partial charge in [-0.05, 0) is 35.0 Å². The average Bonchev–Trinajstić information content (AvgIpc) is 2.42. The second-order valence-corrected chi connectivity index (χ2v) is 4.91. The number of halogens is 1. The van der Waals surface area contributed by atoms with Gasteiger partial charge in [0, 0.05) is 10.2 Å². The topological polar surface area (TPSA) is 64.9 Å². The Morgan fingerprint density at radius 2 is 1.95 bits per heavy atom. The molecule has 0 radical (unpaired) electrons. The van der Waals surface area contributed by atoms with Crippen LogP contribution in [0.15, 0.2) is 40.9 Å². The van der Waals surface area contributed by atoms with Crippen LogP contribution in [0.25, 0.3) is 10.8 Å². The molecule has 0 unspecified atom stereocenters. The van der Waals surface area contributed by atoms with E-state index in [-0.39, 0.29) is 19.0 Å². The lowest BCUT2D eigenvalue weighted by Crippen LogP contribution is -2.29. The van der Waals surface area contributed by atoms with E-state index in [1.54, 1.807) is 0 Å². The van der Waals surface area contributed by atoms with Crippen molar-refractivity contribution >= 4 is 38.3 Å². The van der Waals surface area contributed by atoms with E-state index in [1.807, 2.05) is 42.5 Å². The third-order valence-corrected chi connectivity index (χ3v) is 3.11. The van der Waals surface area contributed by atoms with E-state index in [0.717, 1.165) is 20.9 Å². The molecule has 2 rings (SSSR count). The normalized spacial score (nSPS) is 9.89. The second-order valence-electron chi connectivity index (χ2n) is 3.99. The van der Waals surface area contributed by atoms with E-state index in [2.05, 4.69) is 26.6 Å². The van der Waals surface area contributed by atoms with E-state index < -0.39 is 0 Å². The van der Waals surface area contributed by atoms with Crippen LogP contribution in [0, 0.1) is 11.3 Å². The third kappa shape index (κ3) is 3.70. The molecule has 0 aliphatic heterocycles. The van der Waals surface area contributed by atoms with Crippen molar-refractivity contribution in [3.63, 3.8) is 0 Å². The molecule has 0 saturated carbocycles. The average molecular weight is 318 g/mol. The molecule has 0 fully saturated rings. The highest BCUT2D eigenvalue weighted by Gasteiger charge is 2.01. The molecule has 0 heterocycles. The first-order valence-corrected chi connectivity index (χ1v) is 6.55. The second kappa shape index (κ2) is 6.21. The number of nitriles is 1. The predicted octanol–water partition coefficient (Wildman–Crippen LogP) is 2.65. The van der Waals surface area contributed by atoms with Gasteiger partial charge in [-0.2, -0.15) is 5.26 Å². The SMILES string of the molecule is N#CCNC(=O)CNc1ccc2cc(Br)ccc2c1. The molecule has 2 N–H and O–H groups in total. The van der Waals surface area contributed by atoms with Crippen molar-refractivity contribution in [2.45, 2.75) is 0 Å². The van der Waals surface area contributed by atoms with Crippen molar-refractivity contribution in [1.29, 1.82) is 5.26 Å². The molecule has 0 spiro atoms. The molecule has 0 bridgehead atoms. The molecule has 0 aliphatic rings. The monoisotopic (exact) mass is 317 g/mol. The number of carbonyl (C=O) groups is 1. The van der Waals surface area contributed by atoms with Gasteiger partial charge in [0.15, 0.2) is 0 Å². The zero-order valence-corrected chi connectivity index (χ0v) is 11.7. The van der Waals surface area contributed by atoms with Crippen LogP contribution in [0.4, 0.5) is 5.69 Å². The Labute approximate surface area is 119 Å². The summed E-state index contributed by atoms with van der Waals surface area (Å²) >= 11 is 3.43. The molecule has 0 aromatic heterocycles. The fourth-order valence-corrected chi connectivity index (χ4v) is 2.09. The van der Waals surface area contributed by atoms with E-state index in [4.69, 9.17) is 5.26 Å². The lowest BCUT2D eigenvalue weighted by Gasteiger charge is -2.07. The molecule has 0 atom stereocenters. The molecule has 2 aromatic carbocycles.